The van der Waals surface area contributed by atoms with Crippen LogP contribution in [-0.2, 0) is 19.0 Å². The Bertz CT molecular complexity index is 919. The number of benzene rings is 2. The molecule has 2 saturated heterocycles. The normalized spacial score (nSPS) is 27.9. The Labute approximate surface area is 185 Å². The van der Waals surface area contributed by atoms with Gasteiger partial charge in [-0.05, 0) is 50.2 Å². The number of hydrogen-bond acceptors (Lipinski definition) is 8. The van der Waals surface area contributed by atoms with Crippen molar-refractivity contribution in [3.63, 3.8) is 0 Å². The number of hydrogen-bond donors (Lipinski definition) is 3. The standard InChI is InChI=1S/C23H27NO8/c1-23(2)31-20-17(25)18(30-22(20)32-23)16(24-13-9-11-14(28-3)12-10-13)19(21(26)27)29-15-7-5-4-6-8-15/h4-12,16-20,22,24-25H,1-3H3,(H,26,27)/t16-,17+,18-,19+,20-,22-/m1/s1. The van der Waals surface area contributed by atoms with Crippen molar-refractivity contribution < 1.29 is 38.7 Å². The van der Waals surface area contributed by atoms with Gasteiger partial charge in [-0.3, -0.25) is 0 Å². The first-order valence-electron chi connectivity index (χ1n) is 10.3. The number of carbonyl (C=O) groups is 1. The summed E-state index contributed by atoms with van der Waals surface area (Å²) in [5.41, 5.74) is 0.605. The molecule has 32 heavy (non-hydrogen) atoms. The van der Waals surface area contributed by atoms with Gasteiger partial charge in [0.25, 0.3) is 0 Å². The van der Waals surface area contributed by atoms with Crippen molar-refractivity contribution in [2.45, 2.75) is 56.4 Å². The molecule has 0 bridgehead atoms. The lowest BCUT2D eigenvalue weighted by molar-refractivity contribution is -0.218. The van der Waals surface area contributed by atoms with Crippen molar-refractivity contribution in [2.75, 3.05) is 12.4 Å². The summed E-state index contributed by atoms with van der Waals surface area (Å²) in [5.74, 6) is -1.09. The van der Waals surface area contributed by atoms with Crippen molar-refractivity contribution >= 4 is 11.7 Å². The van der Waals surface area contributed by atoms with E-state index in [1.54, 1.807) is 75.6 Å². The zero-order valence-corrected chi connectivity index (χ0v) is 18.0. The SMILES string of the molecule is COc1ccc(N[C@H]([C@H]2O[C@@H]3OC(C)(C)O[C@@H]3[C@H]2O)[C@H](Oc2ccccc2)C(=O)O)cc1. The van der Waals surface area contributed by atoms with Crippen LogP contribution in [0.15, 0.2) is 54.6 Å². The lowest BCUT2D eigenvalue weighted by Gasteiger charge is -2.33. The minimum absolute atomic E-state index is 0.378. The van der Waals surface area contributed by atoms with E-state index < -0.39 is 48.5 Å². The maximum absolute atomic E-state index is 12.3. The molecular weight excluding hydrogens is 418 g/mol. The molecule has 2 aliphatic rings. The summed E-state index contributed by atoms with van der Waals surface area (Å²) in [6, 6.07) is 14.6. The average molecular weight is 445 g/mol. The van der Waals surface area contributed by atoms with Crippen LogP contribution in [0.3, 0.4) is 0 Å². The van der Waals surface area contributed by atoms with Gasteiger partial charge < -0.3 is 39.2 Å². The summed E-state index contributed by atoms with van der Waals surface area (Å²) in [6.45, 7) is 3.45. The molecule has 2 heterocycles. The lowest BCUT2D eigenvalue weighted by atomic mass is 9.98. The molecule has 0 aromatic heterocycles. The van der Waals surface area contributed by atoms with E-state index >= 15 is 0 Å². The van der Waals surface area contributed by atoms with E-state index in [1.165, 1.54) is 0 Å². The molecule has 9 nitrogen and oxygen atoms in total. The number of methoxy groups -OCH3 is 1. The van der Waals surface area contributed by atoms with Gasteiger partial charge in [-0.1, -0.05) is 18.2 Å². The van der Waals surface area contributed by atoms with E-state index in [0.717, 1.165) is 0 Å². The molecule has 2 aliphatic heterocycles. The summed E-state index contributed by atoms with van der Waals surface area (Å²) in [4.78, 5) is 12.3. The number of rotatable bonds is 8. The first-order chi connectivity index (χ1) is 15.3. The highest BCUT2D eigenvalue weighted by molar-refractivity contribution is 5.75. The number of ether oxygens (including phenoxy) is 5. The molecule has 0 saturated carbocycles. The number of fused-ring (bicyclic) bond motifs is 1. The molecule has 2 fully saturated rings. The number of anilines is 1. The van der Waals surface area contributed by atoms with Gasteiger partial charge in [0.05, 0.1) is 7.11 Å². The Hall–Kier alpha value is -2.85. The monoisotopic (exact) mass is 445 g/mol. The summed E-state index contributed by atoms with van der Waals surface area (Å²) in [7, 11) is 1.56. The number of nitrogens with one attached hydrogen (secondary N) is 1. The van der Waals surface area contributed by atoms with Gasteiger partial charge in [0.1, 0.15) is 35.9 Å². The number of aliphatic carboxylic acids is 1. The second-order valence-corrected chi connectivity index (χ2v) is 8.15. The fraction of sp³-hybridized carbons (Fsp3) is 0.435. The number of para-hydroxylation sites is 1. The van der Waals surface area contributed by atoms with E-state index in [0.29, 0.717) is 17.2 Å². The van der Waals surface area contributed by atoms with Crippen molar-refractivity contribution in [1.29, 1.82) is 0 Å². The topological polar surface area (TPSA) is 116 Å². The second-order valence-electron chi connectivity index (χ2n) is 8.15. The molecule has 0 radical (unpaired) electrons. The van der Waals surface area contributed by atoms with Crippen LogP contribution in [0.1, 0.15) is 13.8 Å². The molecular formula is C23H27NO8. The predicted octanol–water partition coefficient (Wildman–Crippen LogP) is 2.25. The summed E-state index contributed by atoms with van der Waals surface area (Å²) in [5, 5.41) is 24.2. The number of carboxylic acid groups (broad SMARTS) is 1. The minimum atomic E-state index is -1.38. The Morgan fingerprint density at radius 2 is 1.75 bits per heavy atom. The molecule has 0 spiro atoms. The van der Waals surface area contributed by atoms with Crippen LogP contribution in [0.2, 0.25) is 0 Å². The largest absolute Gasteiger partial charge is 0.497 e. The maximum Gasteiger partial charge on any atom is 0.347 e. The zero-order chi connectivity index (χ0) is 22.9. The number of carboxylic acids is 1. The molecule has 0 unspecified atom stereocenters. The van der Waals surface area contributed by atoms with E-state index in [2.05, 4.69) is 5.32 Å². The highest BCUT2D eigenvalue weighted by Crippen LogP contribution is 2.39. The van der Waals surface area contributed by atoms with E-state index in [9.17, 15) is 15.0 Å². The predicted molar refractivity (Wildman–Crippen MR) is 114 cm³/mol. The number of aliphatic hydroxyl groups is 1. The molecule has 172 valence electrons. The van der Waals surface area contributed by atoms with Crippen LogP contribution in [0.5, 0.6) is 11.5 Å². The van der Waals surface area contributed by atoms with Gasteiger partial charge in [-0.2, -0.15) is 0 Å². The van der Waals surface area contributed by atoms with Crippen molar-refractivity contribution in [1.82, 2.24) is 0 Å². The van der Waals surface area contributed by atoms with Gasteiger partial charge in [0, 0.05) is 5.69 Å². The highest BCUT2D eigenvalue weighted by Gasteiger charge is 2.58. The van der Waals surface area contributed by atoms with Crippen LogP contribution in [-0.4, -0.2) is 65.8 Å². The molecule has 6 atom stereocenters. The third-order valence-corrected chi connectivity index (χ3v) is 5.41. The van der Waals surface area contributed by atoms with Gasteiger partial charge >= 0.3 is 5.97 Å². The summed E-state index contributed by atoms with van der Waals surface area (Å²) < 4.78 is 28.5. The molecule has 9 heteroatoms. The van der Waals surface area contributed by atoms with Crippen LogP contribution >= 0.6 is 0 Å². The minimum Gasteiger partial charge on any atom is -0.497 e. The van der Waals surface area contributed by atoms with E-state index in [-0.39, 0.29) is 0 Å². The van der Waals surface area contributed by atoms with Crippen molar-refractivity contribution in [3.8, 4) is 11.5 Å². The second kappa shape index (κ2) is 8.95. The summed E-state index contributed by atoms with van der Waals surface area (Å²) in [6.07, 6.45) is -5.07. The van der Waals surface area contributed by atoms with Crippen LogP contribution in [0, 0.1) is 0 Å². The average Bonchev–Trinajstić information content (AvgIpc) is 3.23. The first kappa shape index (κ1) is 22.3. The fourth-order valence-corrected chi connectivity index (χ4v) is 3.95. The van der Waals surface area contributed by atoms with Crippen LogP contribution in [0.25, 0.3) is 0 Å². The Morgan fingerprint density at radius 3 is 2.34 bits per heavy atom. The third-order valence-electron chi connectivity index (χ3n) is 5.41. The van der Waals surface area contributed by atoms with E-state index in [4.69, 9.17) is 23.7 Å². The molecule has 2 aromatic rings. The van der Waals surface area contributed by atoms with Gasteiger partial charge in [0.15, 0.2) is 12.1 Å². The molecule has 3 N–H and O–H groups in total. The van der Waals surface area contributed by atoms with Crippen LogP contribution in [0.4, 0.5) is 5.69 Å². The molecule has 0 aliphatic carbocycles. The van der Waals surface area contributed by atoms with Gasteiger partial charge in [-0.25, -0.2) is 4.79 Å². The highest BCUT2D eigenvalue weighted by atomic mass is 16.8. The Kier molecular flexibility index (Phi) is 6.25. The first-order valence-corrected chi connectivity index (χ1v) is 10.3. The number of aliphatic hydroxyl groups excluding tert-OH is 1. The van der Waals surface area contributed by atoms with Crippen molar-refractivity contribution in [2.24, 2.45) is 0 Å². The lowest BCUT2D eigenvalue weighted by Crippen LogP contribution is -2.54. The molecule has 0 amide bonds. The van der Waals surface area contributed by atoms with Gasteiger partial charge in [0.2, 0.25) is 6.10 Å². The Balaban J connectivity index is 1.63. The quantitative estimate of drug-likeness (QED) is 0.563. The smallest absolute Gasteiger partial charge is 0.347 e. The van der Waals surface area contributed by atoms with Gasteiger partial charge in [-0.15, -0.1) is 0 Å². The third kappa shape index (κ3) is 4.66. The zero-order valence-electron chi connectivity index (χ0n) is 18.0. The Morgan fingerprint density at radius 1 is 1.06 bits per heavy atom. The summed E-state index contributed by atoms with van der Waals surface area (Å²) >= 11 is 0. The van der Waals surface area contributed by atoms with E-state index in [1.807, 2.05) is 0 Å². The maximum atomic E-state index is 12.3. The molecule has 2 aromatic carbocycles. The van der Waals surface area contributed by atoms with Crippen LogP contribution < -0.4 is 14.8 Å². The fourth-order valence-electron chi connectivity index (χ4n) is 3.95. The molecule has 4 rings (SSSR count). The van der Waals surface area contributed by atoms with Crippen molar-refractivity contribution in [3.05, 3.63) is 54.6 Å².